The molecule has 29 heavy (non-hydrogen) atoms. The van der Waals surface area contributed by atoms with Crippen LogP contribution in [0.5, 0.6) is 0 Å². The van der Waals surface area contributed by atoms with Gasteiger partial charge in [0.25, 0.3) is 11.6 Å². The van der Waals surface area contributed by atoms with Crippen LogP contribution in [-0.2, 0) is 16.1 Å². The number of alkyl halides is 3. The molecular formula is C16H16F4N4O5. The van der Waals surface area contributed by atoms with Gasteiger partial charge >= 0.3 is 12.3 Å². The summed E-state index contributed by atoms with van der Waals surface area (Å²) in [5, 5.41) is 11.2. The number of aromatic nitrogens is 1. The average Bonchev–Trinajstić information content (AvgIpc) is 3.19. The molecule has 1 fully saturated rings. The third-order valence-corrected chi connectivity index (χ3v) is 4.06. The van der Waals surface area contributed by atoms with Crippen molar-refractivity contribution in [3.8, 4) is 0 Å². The van der Waals surface area contributed by atoms with E-state index in [0.717, 1.165) is 17.0 Å². The Morgan fingerprint density at radius 2 is 2.14 bits per heavy atom. The Kier molecular flexibility index (Phi) is 5.50. The Balaban J connectivity index is 2.08. The lowest BCUT2D eigenvalue weighted by atomic mass is 10.2. The maximum atomic E-state index is 14.7. The number of oxazole rings is 1. The maximum absolute atomic E-state index is 14.7. The normalized spacial score (nSPS) is 17.9. The molecule has 1 aliphatic rings. The van der Waals surface area contributed by atoms with Crippen molar-refractivity contribution in [1.82, 2.24) is 9.88 Å². The highest BCUT2D eigenvalue weighted by Crippen LogP contribution is 2.29. The standard InChI is InChI=1S/C16H16F4N4O5/c1-21-13(26)11-6-23(15(27)29-11)8-4-9(17)12-10(5-8)28-14(22-2-3-25)24(12)7-16(18,19)20/h4-5,11,25H,2-3,6-7H2,1H3,(H,21,26)/b22-14-/t11-/m1/s1. The summed E-state index contributed by atoms with van der Waals surface area (Å²) in [5.74, 6) is -1.65. The monoisotopic (exact) mass is 420 g/mol. The van der Waals surface area contributed by atoms with Gasteiger partial charge in [-0.2, -0.15) is 13.2 Å². The summed E-state index contributed by atoms with van der Waals surface area (Å²) in [4.78, 5) is 28.3. The predicted molar refractivity (Wildman–Crippen MR) is 89.4 cm³/mol. The van der Waals surface area contributed by atoms with E-state index < -0.39 is 54.5 Å². The van der Waals surface area contributed by atoms with Crippen LogP contribution in [0.15, 0.2) is 21.5 Å². The van der Waals surface area contributed by atoms with E-state index in [2.05, 4.69) is 10.3 Å². The fraction of sp³-hybridized carbons (Fsp3) is 0.438. The van der Waals surface area contributed by atoms with Crippen molar-refractivity contribution >= 4 is 28.8 Å². The second kappa shape index (κ2) is 7.73. The number of hydrogen-bond donors (Lipinski definition) is 2. The van der Waals surface area contributed by atoms with Crippen molar-refractivity contribution < 1.29 is 41.4 Å². The number of aliphatic hydroxyl groups excluding tert-OH is 1. The number of rotatable bonds is 5. The molecule has 3 rings (SSSR count). The average molecular weight is 420 g/mol. The Hall–Kier alpha value is -3.09. The molecule has 0 saturated carbocycles. The first-order valence-electron chi connectivity index (χ1n) is 8.35. The number of ether oxygens (including phenoxy) is 1. The molecule has 2 aromatic rings. The molecule has 2 heterocycles. The minimum Gasteiger partial charge on any atom is -0.434 e. The van der Waals surface area contributed by atoms with Crippen LogP contribution in [0, 0.1) is 5.82 Å². The van der Waals surface area contributed by atoms with Crippen LogP contribution in [0.25, 0.3) is 11.1 Å². The van der Waals surface area contributed by atoms with Crippen LogP contribution in [0.4, 0.5) is 28.0 Å². The van der Waals surface area contributed by atoms with Gasteiger partial charge < -0.3 is 19.6 Å². The molecule has 1 saturated heterocycles. The largest absolute Gasteiger partial charge is 0.434 e. The van der Waals surface area contributed by atoms with Crippen LogP contribution < -0.4 is 15.9 Å². The molecule has 0 radical (unpaired) electrons. The number of nitrogens with zero attached hydrogens (tertiary/aromatic N) is 3. The molecule has 0 aliphatic carbocycles. The van der Waals surface area contributed by atoms with Crippen molar-refractivity contribution in [2.75, 3.05) is 31.6 Å². The Morgan fingerprint density at radius 3 is 2.76 bits per heavy atom. The van der Waals surface area contributed by atoms with E-state index in [1.54, 1.807) is 0 Å². The summed E-state index contributed by atoms with van der Waals surface area (Å²) in [6.45, 7) is -2.48. The summed E-state index contributed by atoms with van der Waals surface area (Å²) >= 11 is 0. The number of amides is 2. The molecule has 0 spiro atoms. The van der Waals surface area contributed by atoms with Gasteiger partial charge in [-0.3, -0.25) is 14.3 Å². The van der Waals surface area contributed by atoms with E-state index in [4.69, 9.17) is 14.3 Å². The third-order valence-electron chi connectivity index (χ3n) is 4.06. The fourth-order valence-electron chi connectivity index (χ4n) is 2.87. The number of cyclic esters (lactones) is 1. The van der Waals surface area contributed by atoms with Crippen LogP contribution >= 0.6 is 0 Å². The van der Waals surface area contributed by atoms with Crippen molar-refractivity contribution in [1.29, 1.82) is 0 Å². The van der Waals surface area contributed by atoms with Gasteiger partial charge in [-0.15, -0.1) is 0 Å². The lowest BCUT2D eigenvalue weighted by Crippen LogP contribution is -2.35. The fourth-order valence-corrected chi connectivity index (χ4v) is 2.87. The first-order chi connectivity index (χ1) is 13.6. The molecule has 1 aliphatic heterocycles. The summed E-state index contributed by atoms with van der Waals surface area (Å²) in [6, 6.07) is 1.99. The SMILES string of the molecule is CNC(=O)[C@H]1CN(c2cc(F)c3c(c2)o/c(=N\CCO)n3CC(F)(F)F)C(=O)O1. The quantitative estimate of drug-likeness (QED) is 0.699. The van der Waals surface area contributed by atoms with Gasteiger partial charge in [0.05, 0.1) is 25.4 Å². The summed E-state index contributed by atoms with van der Waals surface area (Å²) in [5.41, 5.74) is -1.39. The van der Waals surface area contributed by atoms with E-state index >= 15 is 0 Å². The number of anilines is 1. The van der Waals surface area contributed by atoms with Crippen molar-refractivity contribution in [3.05, 3.63) is 23.6 Å². The number of carbonyl (C=O) groups excluding carboxylic acids is 2. The van der Waals surface area contributed by atoms with Crippen LogP contribution in [0.2, 0.25) is 0 Å². The molecule has 13 heteroatoms. The molecule has 9 nitrogen and oxygen atoms in total. The highest BCUT2D eigenvalue weighted by molar-refractivity contribution is 5.96. The van der Waals surface area contributed by atoms with Gasteiger partial charge in [0.2, 0.25) is 0 Å². The smallest absolute Gasteiger partial charge is 0.415 e. The first kappa shape index (κ1) is 20.6. The zero-order valence-corrected chi connectivity index (χ0v) is 15.0. The number of benzene rings is 1. The minimum atomic E-state index is -4.68. The number of carbonyl (C=O) groups is 2. The predicted octanol–water partition coefficient (Wildman–Crippen LogP) is 0.900. The lowest BCUT2D eigenvalue weighted by molar-refractivity contribution is -0.141. The van der Waals surface area contributed by atoms with Gasteiger partial charge in [-0.05, 0) is 0 Å². The minimum absolute atomic E-state index is 0.0620. The molecule has 1 aromatic carbocycles. The van der Waals surface area contributed by atoms with Gasteiger partial charge in [0, 0.05) is 19.2 Å². The number of fused-ring (bicyclic) bond motifs is 1. The van der Waals surface area contributed by atoms with Gasteiger partial charge in [-0.25, -0.2) is 14.2 Å². The molecule has 1 aromatic heterocycles. The highest BCUT2D eigenvalue weighted by atomic mass is 19.4. The number of likely N-dealkylation sites (N-methyl/N-ethyl adjacent to an activating group) is 1. The van der Waals surface area contributed by atoms with Gasteiger partial charge in [0.15, 0.2) is 17.5 Å². The van der Waals surface area contributed by atoms with Crippen LogP contribution in [0.1, 0.15) is 0 Å². The molecule has 2 N–H and O–H groups in total. The first-order valence-corrected chi connectivity index (χ1v) is 8.35. The topological polar surface area (TPSA) is 109 Å². The second-order valence-electron chi connectivity index (χ2n) is 6.06. The van der Waals surface area contributed by atoms with Crippen molar-refractivity contribution in [2.45, 2.75) is 18.8 Å². The molecular weight excluding hydrogens is 404 g/mol. The summed E-state index contributed by atoms with van der Waals surface area (Å²) in [6.07, 6.45) is -6.72. The van der Waals surface area contributed by atoms with Crippen LogP contribution in [-0.4, -0.2) is 60.7 Å². The van der Waals surface area contributed by atoms with Crippen molar-refractivity contribution in [2.24, 2.45) is 4.99 Å². The Labute approximate surface area is 160 Å². The molecule has 1 atom stereocenters. The molecule has 158 valence electrons. The van der Waals surface area contributed by atoms with Crippen LogP contribution in [0.3, 0.4) is 0 Å². The number of nitrogens with one attached hydrogen (secondary N) is 1. The Morgan fingerprint density at radius 1 is 1.41 bits per heavy atom. The second-order valence-corrected chi connectivity index (χ2v) is 6.06. The number of aliphatic hydroxyl groups is 1. The van der Waals surface area contributed by atoms with Crippen molar-refractivity contribution in [3.63, 3.8) is 0 Å². The maximum Gasteiger partial charge on any atom is 0.415 e. The summed E-state index contributed by atoms with van der Waals surface area (Å²) in [7, 11) is 1.35. The molecule has 0 unspecified atom stereocenters. The van der Waals surface area contributed by atoms with E-state index in [1.165, 1.54) is 7.05 Å². The highest BCUT2D eigenvalue weighted by Gasteiger charge is 2.37. The van der Waals surface area contributed by atoms with E-state index in [9.17, 15) is 27.2 Å². The third kappa shape index (κ3) is 4.18. The van der Waals surface area contributed by atoms with E-state index in [-0.39, 0.29) is 24.4 Å². The zero-order valence-electron chi connectivity index (χ0n) is 15.0. The van der Waals surface area contributed by atoms with Gasteiger partial charge in [0.1, 0.15) is 12.1 Å². The molecule has 2 amide bonds. The summed E-state index contributed by atoms with van der Waals surface area (Å²) < 4.78 is 64.1. The Bertz CT molecular complexity index is 1010. The van der Waals surface area contributed by atoms with Gasteiger partial charge in [-0.1, -0.05) is 0 Å². The van der Waals surface area contributed by atoms with E-state index in [1.807, 2.05) is 0 Å². The number of hydrogen-bond acceptors (Lipinski definition) is 6. The lowest BCUT2D eigenvalue weighted by Gasteiger charge is -2.13. The zero-order chi connectivity index (χ0) is 21.3. The molecule has 0 bridgehead atoms. The van der Waals surface area contributed by atoms with E-state index in [0.29, 0.717) is 4.57 Å². The number of halogens is 4.